The van der Waals surface area contributed by atoms with E-state index in [4.69, 9.17) is 9.47 Å². The highest BCUT2D eigenvalue weighted by Crippen LogP contribution is 2.66. The third-order valence-electron chi connectivity index (χ3n) is 8.81. The van der Waals surface area contributed by atoms with E-state index in [9.17, 15) is 13.6 Å². The highest BCUT2D eigenvalue weighted by molar-refractivity contribution is 5.83. The average Bonchev–Trinajstić information content (AvgIpc) is 3.07. The number of hydrogen-bond donors (Lipinski definition) is 0. The van der Waals surface area contributed by atoms with Crippen LogP contribution in [0.3, 0.4) is 0 Å². The zero-order valence-corrected chi connectivity index (χ0v) is 24.0. The third-order valence-corrected chi connectivity index (χ3v) is 8.81. The van der Waals surface area contributed by atoms with E-state index in [1.807, 2.05) is 18.2 Å². The SMILES string of the molecule is CC1(C)CC(C)(C)C1(C)C=O.COCCCCCOc1ccc2c(c1)CCCC(c1ccc(F)cc1F)=C2. The maximum absolute atomic E-state index is 14.1. The number of halogens is 2. The van der Waals surface area contributed by atoms with Crippen LogP contribution in [0.1, 0.15) is 89.8 Å². The number of aldehydes is 1. The van der Waals surface area contributed by atoms with Gasteiger partial charge < -0.3 is 14.3 Å². The Labute approximate surface area is 227 Å². The lowest BCUT2D eigenvalue weighted by Crippen LogP contribution is -2.59. The van der Waals surface area contributed by atoms with E-state index >= 15 is 0 Å². The molecule has 0 amide bonds. The number of unbranched alkanes of at least 4 members (excludes halogenated alkanes) is 2. The lowest BCUT2D eigenvalue weighted by Gasteiger charge is -2.63. The highest BCUT2D eigenvalue weighted by atomic mass is 19.1. The summed E-state index contributed by atoms with van der Waals surface area (Å²) in [5.41, 5.74) is 3.96. The molecule has 0 aliphatic heterocycles. The van der Waals surface area contributed by atoms with Gasteiger partial charge >= 0.3 is 0 Å². The molecule has 0 bridgehead atoms. The Balaban J connectivity index is 0.000000304. The number of allylic oxidation sites excluding steroid dienone is 1. The number of rotatable bonds is 9. The zero-order valence-electron chi connectivity index (χ0n) is 24.0. The maximum atomic E-state index is 14.1. The largest absolute Gasteiger partial charge is 0.494 e. The summed E-state index contributed by atoms with van der Waals surface area (Å²) in [7, 11) is 1.72. The smallest absolute Gasteiger partial charge is 0.133 e. The van der Waals surface area contributed by atoms with Crippen molar-refractivity contribution in [2.45, 2.75) is 79.6 Å². The summed E-state index contributed by atoms with van der Waals surface area (Å²) < 4.78 is 38.3. The average molecular weight is 527 g/mol. The van der Waals surface area contributed by atoms with Crippen LogP contribution in [0, 0.1) is 27.9 Å². The van der Waals surface area contributed by atoms with Crippen LogP contribution in [0.2, 0.25) is 0 Å². The molecule has 1 saturated carbocycles. The van der Waals surface area contributed by atoms with Gasteiger partial charge in [-0.25, -0.2) is 8.78 Å². The number of aryl methyl sites for hydroxylation is 1. The van der Waals surface area contributed by atoms with Gasteiger partial charge in [-0.1, -0.05) is 46.8 Å². The van der Waals surface area contributed by atoms with Gasteiger partial charge in [-0.2, -0.15) is 0 Å². The molecule has 3 nitrogen and oxygen atoms in total. The topological polar surface area (TPSA) is 35.5 Å². The summed E-state index contributed by atoms with van der Waals surface area (Å²) in [5.74, 6) is -0.168. The number of carbonyl (C=O) groups is 1. The Morgan fingerprint density at radius 2 is 1.61 bits per heavy atom. The van der Waals surface area contributed by atoms with Gasteiger partial charge in [-0.15, -0.1) is 0 Å². The van der Waals surface area contributed by atoms with E-state index < -0.39 is 11.6 Å². The van der Waals surface area contributed by atoms with E-state index in [2.05, 4.69) is 40.7 Å². The lowest BCUT2D eigenvalue weighted by molar-refractivity contribution is -0.172. The summed E-state index contributed by atoms with van der Waals surface area (Å²) in [6, 6.07) is 9.88. The van der Waals surface area contributed by atoms with Gasteiger partial charge in [0.05, 0.1) is 6.61 Å². The van der Waals surface area contributed by atoms with Crippen molar-refractivity contribution in [2.24, 2.45) is 16.2 Å². The van der Waals surface area contributed by atoms with Crippen LogP contribution in [-0.2, 0) is 16.0 Å². The molecule has 2 aromatic rings. The van der Waals surface area contributed by atoms with E-state index in [1.165, 1.54) is 17.7 Å². The monoisotopic (exact) mass is 526 g/mol. The van der Waals surface area contributed by atoms with Crippen molar-refractivity contribution in [2.75, 3.05) is 20.3 Å². The number of carbonyl (C=O) groups excluding carboxylic acids is 1. The van der Waals surface area contributed by atoms with Crippen LogP contribution in [0.15, 0.2) is 36.4 Å². The fourth-order valence-corrected chi connectivity index (χ4v) is 6.04. The first-order valence-electron chi connectivity index (χ1n) is 13.8. The Kier molecular flexibility index (Phi) is 9.91. The second kappa shape index (κ2) is 12.5. The summed E-state index contributed by atoms with van der Waals surface area (Å²) >= 11 is 0. The van der Waals surface area contributed by atoms with E-state index in [1.54, 1.807) is 7.11 Å². The minimum atomic E-state index is -0.546. The second-order valence-electron chi connectivity index (χ2n) is 12.2. The van der Waals surface area contributed by atoms with Gasteiger partial charge in [0.1, 0.15) is 23.7 Å². The first-order valence-corrected chi connectivity index (χ1v) is 13.8. The van der Waals surface area contributed by atoms with Gasteiger partial charge in [0.15, 0.2) is 0 Å². The molecule has 0 spiro atoms. The molecule has 5 heteroatoms. The summed E-state index contributed by atoms with van der Waals surface area (Å²) in [6.07, 6.45) is 10.1. The van der Waals surface area contributed by atoms with Crippen LogP contribution in [-0.4, -0.2) is 26.6 Å². The van der Waals surface area contributed by atoms with Crippen LogP contribution in [0.25, 0.3) is 11.6 Å². The van der Waals surface area contributed by atoms with Gasteiger partial charge in [0.25, 0.3) is 0 Å². The fraction of sp³-hybridized carbons (Fsp3) is 0.545. The fourth-order valence-electron chi connectivity index (χ4n) is 6.04. The molecule has 0 heterocycles. The number of ether oxygens (including phenoxy) is 2. The number of methoxy groups -OCH3 is 1. The van der Waals surface area contributed by atoms with Gasteiger partial charge in [0.2, 0.25) is 0 Å². The van der Waals surface area contributed by atoms with Crippen LogP contribution in [0.5, 0.6) is 5.75 Å². The predicted octanol–water partition coefficient (Wildman–Crippen LogP) is 8.68. The summed E-state index contributed by atoms with van der Waals surface area (Å²) in [4.78, 5) is 10.9. The summed E-state index contributed by atoms with van der Waals surface area (Å²) in [5, 5.41) is 0. The molecule has 38 heavy (non-hydrogen) atoms. The van der Waals surface area contributed by atoms with Crippen molar-refractivity contribution < 1.29 is 23.0 Å². The molecule has 2 aliphatic rings. The quantitative estimate of drug-likeness (QED) is 0.242. The number of fused-ring (bicyclic) bond motifs is 1. The molecule has 1 fully saturated rings. The summed E-state index contributed by atoms with van der Waals surface area (Å²) in [6.45, 7) is 12.3. The Morgan fingerprint density at radius 3 is 2.21 bits per heavy atom. The molecule has 208 valence electrons. The van der Waals surface area contributed by atoms with Gasteiger partial charge in [0, 0.05) is 30.8 Å². The van der Waals surface area contributed by atoms with E-state index in [0.29, 0.717) is 12.2 Å². The Bertz CT molecular complexity index is 1120. The Morgan fingerprint density at radius 1 is 0.895 bits per heavy atom. The van der Waals surface area contributed by atoms with Crippen molar-refractivity contribution in [3.8, 4) is 5.75 Å². The Hall–Kier alpha value is -2.53. The van der Waals surface area contributed by atoms with Crippen molar-refractivity contribution in [1.29, 1.82) is 0 Å². The van der Waals surface area contributed by atoms with Crippen molar-refractivity contribution in [3.63, 3.8) is 0 Å². The molecule has 0 saturated heterocycles. The first-order chi connectivity index (χ1) is 17.9. The van der Waals surface area contributed by atoms with Crippen molar-refractivity contribution >= 4 is 17.9 Å². The van der Waals surface area contributed by atoms with E-state index in [-0.39, 0.29) is 16.2 Å². The molecule has 0 unspecified atom stereocenters. The predicted molar refractivity (Wildman–Crippen MR) is 151 cm³/mol. The molecular weight excluding hydrogens is 482 g/mol. The maximum Gasteiger partial charge on any atom is 0.133 e. The zero-order chi connectivity index (χ0) is 28.0. The number of hydrogen-bond acceptors (Lipinski definition) is 3. The van der Waals surface area contributed by atoms with Crippen LogP contribution in [0.4, 0.5) is 8.78 Å². The molecule has 4 rings (SSSR count). The molecule has 0 aromatic heterocycles. The minimum Gasteiger partial charge on any atom is -0.494 e. The third kappa shape index (κ3) is 6.72. The van der Waals surface area contributed by atoms with Crippen LogP contribution < -0.4 is 4.74 Å². The lowest BCUT2D eigenvalue weighted by atomic mass is 9.40. The molecule has 0 atom stereocenters. The van der Waals surface area contributed by atoms with Crippen molar-refractivity contribution in [1.82, 2.24) is 0 Å². The highest BCUT2D eigenvalue weighted by Gasteiger charge is 2.62. The second-order valence-corrected chi connectivity index (χ2v) is 12.2. The number of benzene rings is 2. The van der Waals surface area contributed by atoms with E-state index in [0.717, 1.165) is 80.8 Å². The van der Waals surface area contributed by atoms with Crippen LogP contribution >= 0.6 is 0 Å². The molecular formula is C33H44F2O3. The molecule has 0 radical (unpaired) electrons. The normalized spacial score (nSPS) is 18.6. The standard InChI is InChI=1S/C23H26F2O2.C10H18O/c1-26-12-3-2-4-13-27-21-10-8-18-14-19(7-5-6-17(18)15-21)22-11-9-20(24)16-23(22)25;1-8(2)6-9(3,4)10(8,5)7-11/h8-11,14-16H,2-7,12-13H2,1H3;7H,6H2,1-5H3. The molecule has 2 aliphatic carbocycles. The molecule has 2 aromatic carbocycles. The van der Waals surface area contributed by atoms with Crippen molar-refractivity contribution in [3.05, 3.63) is 64.7 Å². The van der Waals surface area contributed by atoms with Gasteiger partial charge in [-0.3, -0.25) is 0 Å². The molecule has 0 N–H and O–H groups in total. The van der Waals surface area contributed by atoms with Gasteiger partial charge in [-0.05, 0) is 96.7 Å². The first kappa shape index (κ1) is 30.0. The minimum absolute atomic E-state index is 0.125.